The molecule has 0 radical (unpaired) electrons. The number of nitrogens with one attached hydrogen (secondary N) is 2. The number of piperidine rings is 1. The monoisotopic (exact) mass is 366 g/mol. The fourth-order valence-corrected chi connectivity index (χ4v) is 2.96. The molecule has 0 amide bonds. The van der Waals surface area contributed by atoms with Crippen LogP contribution in [0.3, 0.4) is 0 Å². The molecular weight excluding hydrogens is 335 g/mol. The van der Waals surface area contributed by atoms with Crippen molar-refractivity contribution < 1.29 is 13.9 Å². The highest BCUT2D eigenvalue weighted by molar-refractivity contribution is 5.80. The molecule has 7 heteroatoms. The standard InChI is InChI=1S/C19H31FN4O2/c1-15(26-18-6-4-5-16(20)13-18)14-22-19(21-2)23-17-7-9-24(10-8-17)11-12-25-3/h4-6,13,15,17H,7-12,14H2,1-3H3,(H2,21,22,23). The second-order valence-corrected chi connectivity index (χ2v) is 6.59. The molecule has 1 aromatic rings. The number of benzene rings is 1. The smallest absolute Gasteiger partial charge is 0.191 e. The molecule has 0 saturated carbocycles. The first-order valence-electron chi connectivity index (χ1n) is 9.21. The second kappa shape index (κ2) is 11.0. The van der Waals surface area contributed by atoms with E-state index in [-0.39, 0.29) is 11.9 Å². The molecule has 1 atom stereocenters. The molecule has 6 nitrogen and oxygen atoms in total. The zero-order valence-electron chi connectivity index (χ0n) is 16.0. The molecule has 0 aromatic heterocycles. The maximum absolute atomic E-state index is 13.2. The summed E-state index contributed by atoms with van der Waals surface area (Å²) in [5.41, 5.74) is 0. The fraction of sp³-hybridized carbons (Fsp3) is 0.632. The zero-order chi connectivity index (χ0) is 18.8. The van der Waals surface area contributed by atoms with Crippen molar-refractivity contribution >= 4 is 5.96 Å². The van der Waals surface area contributed by atoms with E-state index in [2.05, 4.69) is 20.5 Å². The normalized spacial score (nSPS) is 17.8. The van der Waals surface area contributed by atoms with Gasteiger partial charge in [0.05, 0.1) is 13.2 Å². The van der Waals surface area contributed by atoms with Gasteiger partial charge in [-0.3, -0.25) is 4.99 Å². The number of aliphatic imine (C=N–C) groups is 1. The average molecular weight is 366 g/mol. The van der Waals surface area contributed by atoms with Crippen LogP contribution < -0.4 is 15.4 Å². The Balaban J connectivity index is 1.69. The summed E-state index contributed by atoms with van der Waals surface area (Å²) in [6.45, 7) is 6.44. The van der Waals surface area contributed by atoms with Crippen molar-refractivity contribution in [3.8, 4) is 5.75 Å². The minimum Gasteiger partial charge on any atom is -0.489 e. The first-order valence-corrected chi connectivity index (χ1v) is 9.21. The van der Waals surface area contributed by atoms with Gasteiger partial charge in [0.15, 0.2) is 5.96 Å². The van der Waals surface area contributed by atoms with Crippen LogP contribution >= 0.6 is 0 Å². The van der Waals surface area contributed by atoms with E-state index < -0.39 is 0 Å². The van der Waals surface area contributed by atoms with E-state index in [1.807, 2.05) is 6.92 Å². The third kappa shape index (κ3) is 7.17. The van der Waals surface area contributed by atoms with E-state index in [1.54, 1.807) is 26.3 Å². The summed E-state index contributed by atoms with van der Waals surface area (Å²) in [6.07, 6.45) is 2.06. The molecule has 1 aliphatic heterocycles. The summed E-state index contributed by atoms with van der Waals surface area (Å²) < 4.78 is 24.1. The van der Waals surface area contributed by atoms with Crippen molar-refractivity contribution in [2.24, 2.45) is 4.99 Å². The van der Waals surface area contributed by atoms with Gasteiger partial charge in [-0.05, 0) is 31.9 Å². The summed E-state index contributed by atoms with van der Waals surface area (Å²) in [6, 6.07) is 6.61. The third-order valence-electron chi connectivity index (χ3n) is 4.45. The predicted molar refractivity (Wildman–Crippen MR) is 102 cm³/mol. The number of likely N-dealkylation sites (tertiary alicyclic amines) is 1. The Kier molecular flexibility index (Phi) is 8.64. The highest BCUT2D eigenvalue weighted by Crippen LogP contribution is 2.13. The van der Waals surface area contributed by atoms with Gasteiger partial charge < -0.3 is 25.0 Å². The van der Waals surface area contributed by atoms with E-state index in [1.165, 1.54) is 12.1 Å². The molecular formula is C19H31FN4O2. The van der Waals surface area contributed by atoms with Crippen LogP contribution in [0.25, 0.3) is 0 Å². The van der Waals surface area contributed by atoms with Crippen molar-refractivity contribution in [1.29, 1.82) is 0 Å². The lowest BCUT2D eigenvalue weighted by molar-refractivity contribution is 0.128. The molecule has 1 heterocycles. The topological polar surface area (TPSA) is 58.1 Å². The van der Waals surface area contributed by atoms with Crippen LogP contribution in [0.4, 0.5) is 4.39 Å². The zero-order valence-corrected chi connectivity index (χ0v) is 16.0. The number of rotatable bonds is 8. The van der Waals surface area contributed by atoms with Crippen LogP contribution in [0.2, 0.25) is 0 Å². The molecule has 0 bridgehead atoms. The largest absolute Gasteiger partial charge is 0.489 e. The van der Waals surface area contributed by atoms with Gasteiger partial charge in [-0.1, -0.05) is 6.07 Å². The molecule has 26 heavy (non-hydrogen) atoms. The third-order valence-corrected chi connectivity index (χ3v) is 4.45. The van der Waals surface area contributed by atoms with E-state index in [4.69, 9.17) is 9.47 Å². The lowest BCUT2D eigenvalue weighted by Crippen LogP contribution is -2.50. The van der Waals surface area contributed by atoms with Crippen LogP contribution in [-0.4, -0.2) is 69.9 Å². The van der Waals surface area contributed by atoms with Gasteiger partial charge in [0.2, 0.25) is 0 Å². The Bertz CT molecular complexity index is 562. The lowest BCUT2D eigenvalue weighted by atomic mass is 10.1. The van der Waals surface area contributed by atoms with Gasteiger partial charge in [0.25, 0.3) is 0 Å². The van der Waals surface area contributed by atoms with Gasteiger partial charge >= 0.3 is 0 Å². The van der Waals surface area contributed by atoms with Gasteiger partial charge in [-0.15, -0.1) is 0 Å². The first kappa shape index (κ1) is 20.5. The van der Waals surface area contributed by atoms with Crippen LogP contribution in [0.15, 0.2) is 29.3 Å². The molecule has 1 aromatic carbocycles. The summed E-state index contributed by atoms with van der Waals surface area (Å²) >= 11 is 0. The molecule has 1 fully saturated rings. The predicted octanol–water partition coefficient (Wildman–Crippen LogP) is 1.87. The Labute approximate surface area is 155 Å². The van der Waals surface area contributed by atoms with Gasteiger partial charge in [-0.2, -0.15) is 0 Å². The van der Waals surface area contributed by atoms with Crippen molar-refractivity contribution in [3.63, 3.8) is 0 Å². The summed E-state index contributed by atoms with van der Waals surface area (Å²) in [5.74, 6) is 1.01. The number of ether oxygens (including phenoxy) is 2. The van der Waals surface area contributed by atoms with Crippen molar-refractivity contribution in [3.05, 3.63) is 30.1 Å². The minimum atomic E-state index is -0.294. The van der Waals surface area contributed by atoms with Crippen LogP contribution in [0.1, 0.15) is 19.8 Å². The van der Waals surface area contributed by atoms with Crippen molar-refractivity contribution in [2.45, 2.75) is 31.9 Å². The number of nitrogens with zero attached hydrogens (tertiary/aromatic N) is 2. The van der Waals surface area contributed by atoms with Crippen LogP contribution in [0.5, 0.6) is 5.75 Å². The molecule has 0 spiro atoms. The maximum Gasteiger partial charge on any atom is 0.191 e. The fourth-order valence-electron chi connectivity index (χ4n) is 2.96. The van der Waals surface area contributed by atoms with Crippen LogP contribution in [-0.2, 0) is 4.74 Å². The van der Waals surface area contributed by atoms with Gasteiger partial charge in [-0.25, -0.2) is 4.39 Å². The average Bonchev–Trinajstić information content (AvgIpc) is 2.64. The first-order chi connectivity index (χ1) is 12.6. The lowest BCUT2D eigenvalue weighted by Gasteiger charge is -2.33. The second-order valence-electron chi connectivity index (χ2n) is 6.59. The highest BCUT2D eigenvalue weighted by Gasteiger charge is 2.19. The molecule has 1 saturated heterocycles. The number of methoxy groups -OCH3 is 1. The van der Waals surface area contributed by atoms with E-state index in [9.17, 15) is 4.39 Å². The summed E-state index contributed by atoms with van der Waals surface area (Å²) in [4.78, 5) is 6.71. The van der Waals surface area contributed by atoms with Crippen molar-refractivity contribution in [2.75, 3.05) is 46.9 Å². The number of guanidine groups is 1. The van der Waals surface area contributed by atoms with E-state index >= 15 is 0 Å². The van der Waals surface area contributed by atoms with Gasteiger partial charge in [0.1, 0.15) is 17.7 Å². The number of hydrogen-bond acceptors (Lipinski definition) is 4. The minimum absolute atomic E-state index is 0.105. The summed E-state index contributed by atoms with van der Waals surface area (Å²) in [5, 5.41) is 6.76. The van der Waals surface area contributed by atoms with Crippen LogP contribution in [0, 0.1) is 5.82 Å². The molecule has 1 unspecified atom stereocenters. The highest BCUT2D eigenvalue weighted by atomic mass is 19.1. The molecule has 2 rings (SSSR count). The summed E-state index contributed by atoms with van der Waals surface area (Å²) in [7, 11) is 3.50. The Morgan fingerprint density at radius 3 is 2.81 bits per heavy atom. The Morgan fingerprint density at radius 1 is 1.38 bits per heavy atom. The van der Waals surface area contributed by atoms with Crippen molar-refractivity contribution in [1.82, 2.24) is 15.5 Å². The molecule has 0 aliphatic carbocycles. The SMILES string of the molecule is CN=C(NCC(C)Oc1cccc(F)c1)NC1CCN(CCOC)CC1. The Morgan fingerprint density at radius 2 is 2.15 bits per heavy atom. The quantitative estimate of drug-likeness (QED) is 0.543. The molecule has 146 valence electrons. The van der Waals surface area contributed by atoms with Gasteiger partial charge in [0, 0.05) is 45.9 Å². The Hall–Kier alpha value is -1.86. The number of hydrogen-bond donors (Lipinski definition) is 2. The van der Waals surface area contributed by atoms with E-state index in [0.717, 1.165) is 45.0 Å². The molecule has 2 N–H and O–H groups in total. The van der Waals surface area contributed by atoms with E-state index in [0.29, 0.717) is 18.3 Å². The number of halogens is 1. The molecule has 1 aliphatic rings. The maximum atomic E-state index is 13.2.